The number of allylic oxidation sites excluding steroid dienone is 2. The number of hydrogen-bond donors (Lipinski definition) is 1. The fraction of sp³-hybridized carbons (Fsp3) is 0.474. The SMILES string of the molecule is O=C(O)[C@H]1[C@@H](C(=O)N2CCN(S(=O)(=O)c3ccccc3)CC2)[C@H]2C=C[C@@H]1C2. The predicted molar refractivity (Wildman–Crippen MR) is 97.1 cm³/mol. The second-order valence-electron chi connectivity index (χ2n) is 7.38. The summed E-state index contributed by atoms with van der Waals surface area (Å²) in [7, 11) is -3.57. The van der Waals surface area contributed by atoms with Gasteiger partial charge in [0.1, 0.15) is 0 Å². The van der Waals surface area contributed by atoms with Gasteiger partial charge in [-0.05, 0) is 30.4 Å². The first-order valence-electron chi connectivity index (χ1n) is 9.14. The zero-order valence-electron chi connectivity index (χ0n) is 14.8. The first-order valence-corrected chi connectivity index (χ1v) is 10.6. The van der Waals surface area contributed by atoms with Crippen LogP contribution < -0.4 is 0 Å². The minimum atomic E-state index is -3.57. The Labute approximate surface area is 158 Å². The van der Waals surface area contributed by atoms with Gasteiger partial charge in [0.25, 0.3) is 0 Å². The molecule has 0 radical (unpaired) electrons. The quantitative estimate of drug-likeness (QED) is 0.775. The number of carbonyl (C=O) groups excluding carboxylic acids is 1. The summed E-state index contributed by atoms with van der Waals surface area (Å²) in [6.07, 6.45) is 4.59. The summed E-state index contributed by atoms with van der Waals surface area (Å²) in [6.45, 7) is 1.01. The van der Waals surface area contributed by atoms with E-state index in [1.165, 1.54) is 4.31 Å². The molecular weight excluding hydrogens is 368 g/mol. The molecule has 27 heavy (non-hydrogen) atoms. The average Bonchev–Trinajstić information content (AvgIpc) is 3.29. The molecule has 1 heterocycles. The van der Waals surface area contributed by atoms with Crippen LogP contribution >= 0.6 is 0 Å². The molecule has 0 unspecified atom stereocenters. The lowest BCUT2D eigenvalue weighted by Gasteiger charge is -2.37. The van der Waals surface area contributed by atoms with Gasteiger partial charge in [-0.1, -0.05) is 30.4 Å². The fourth-order valence-corrected chi connectivity index (χ4v) is 6.04. The maximum absolute atomic E-state index is 13.0. The van der Waals surface area contributed by atoms with Gasteiger partial charge in [-0.15, -0.1) is 0 Å². The molecule has 144 valence electrons. The van der Waals surface area contributed by atoms with E-state index in [0.717, 1.165) is 6.42 Å². The van der Waals surface area contributed by atoms with E-state index in [-0.39, 0.29) is 48.8 Å². The molecule has 4 atom stereocenters. The number of nitrogens with zero attached hydrogens (tertiary/aromatic N) is 2. The molecule has 8 heteroatoms. The summed E-state index contributed by atoms with van der Waals surface area (Å²) >= 11 is 0. The Kier molecular flexibility index (Phi) is 4.55. The zero-order chi connectivity index (χ0) is 19.2. The lowest BCUT2D eigenvalue weighted by Crippen LogP contribution is -2.53. The average molecular weight is 390 g/mol. The number of rotatable bonds is 4. The minimum Gasteiger partial charge on any atom is -0.481 e. The van der Waals surface area contributed by atoms with Crippen molar-refractivity contribution < 1.29 is 23.1 Å². The zero-order valence-corrected chi connectivity index (χ0v) is 15.6. The van der Waals surface area contributed by atoms with Gasteiger partial charge in [-0.25, -0.2) is 8.42 Å². The molecule has 1 N–H and O–H groups in total. The Morgan fingerprint density at radius 1 is 0.926 bits per heavy atom. The van der Waals surface area contributed by atoms with Crippen molar-refractivity contribution >= 4 is 21.9 Å². The summed E-state index contributed by atoms with van der Waals surface area (Å²) in [5, 5.41) is 9.54. The molecular formula is C19H22N2O5S. The van der Waals surface area contributed by atoms with Crippen LogP contribution in [0.25, 0.3) is 0 Å². The number of carboxylic acid groups (broad SMARTS) is 1. The Balaban J connectivity index is 1.44. The van der Waals surface area contributed by atoms with E-state index in [0.29, 0.717) is 0 Å². The van der Waals surface area contributed by atoms with E-state index in [9.17, 15) is 23.1 Å². The number of aliphatic carboxylic acids is 1. The largest absolute Gasteiger partial charge is 0.481 e. The maximum Gasteiger partial charge on any atom is 0.307 e. The predicted octanol–water partition coefficient (Wildman–Crippen LogP) is 1.04. The van der Waals surface area contributed by atoms with Crippen molar-refractivity contribution in [1.29, 1.82) is 0 Å². The molecule has 1 amide bonds. The Morgan fingerprint density at radius 2 is 1.52 bits per heavy atom. The number of fused-ring (bicyclic) bond motifs is 2. The van der Waals surface area contributed by atoms with E-state index in [1.54, 1.807) is 35.2 Å². The summed E-state index contributed by atoms with van der Waals surface area (Å²) in [5.74, 6) is -2.37. The third-order valence-electron chi connectivity index (χ3n) is 5.96. The highest BCUT2D eigenvalue weighted by atomic mass is 32.2. The summed E-state index contributed by atoms with van der Waals surface area (Å²) in [4.78, 5) is 26.5. The third-order valence-corrected chi connectivity index (χ3v) is 7.87. The summed E-state index contributed by atoms with van der Waals surface area (Å²) in [5.41, 5.74) is 0. The third kappa shape index (κ3) is 3.06. The van der Waals surface area contributed by atoms with Crippen LogP contribution in [-0.2, 0) is 19.6 Å². The molecule has 7 nitrogen and oxygen atoms in total. The first-order chi connectivity index (χ1) is 12.9. The molecule has 0 spiro atoms. The maximum atomic E-state index is 13.0. The van der Waals surface area contributed by atoms with Crippen molar-refractivity contribution in [1.82, 2.24) is 9.21 Å². The molecule has 3 aliphatic rings. The van der Waals surface area contributed by atoms with E-state index in [2.05, 4.69) is 0 Å². The number of carboxylic acids is 1. The van der Waals surface area contributed by atoms with Crippen LogP contribution in [0.3, 0.4) is 0 Å². The van der Waals surface area contributed by atoms with Gasteiger partial charge in [0.15, 0.2) is 0 Å². The van der Waals surface area contributed by atoms with E-state index < -0.39 is 27.8 Å². The van der Waals surface area contributed by atoms with Crippen LogP contribution in [0.1, 0.15) is 6.42 Å². The normalized spacial score (nSPS) is 30.6. The van der Waals surface area contributed by atoms with Gasteiger partial charge >= 0.3 is 5.97 Å². The highest BCUT2D eigenvalue weighted by molar-refractivity contribution is 7.89. The molecule has 1 aromatic rings. The fourth-order valence-electron chi connectivity index (χ4n) is 4.60. The standard InChI is InChI=1S/C19H22N2O5S/c22-18(16-13-6-7-14(12-13)17(16)19(23)24)20-8-10-21(11-9-20)27(25,26)15-4-2-1-3-5-15/h1-7,13-14,16-17H,8-12H2,(H,23,24)/t13-,14+,16-,17+/m0/s1. The number of piperazine rings is 1. The molecule has 1 saturated carbocycles. The van der Waals surface area contributed by atoms with Gasteiger partial charge < -0.3 is 10.0 Å². The van der Waals surface area contributed by atoms with Crippen LogP contribution in [0.4, 0.5) is 0 Å². The van der Waals surface area contributed by atoms with Gasteiger partial charge in [-0.2, -0.15) is 4.31 Å². The first kappa shape index (κ1) is 18.2. The van der Waals surface area contributed by atoms with Crippen LogP contribution in [-0.4, -0.2) is 60.8 Å². The topological polar surface area (TPSA) is 95.0 Å². The van der Waals surface area contributed by atoms with Gasteiger partial charge in [-0.3, -0.25) is 9.59 Å². The molecule has 2 aliphatic carbocycles. The molecule has 1 aromatic carbocycles. The van der Waals surface area contributed by atoms with E-state index in [4.69, 9.17) is 0 Å². The highest BCUT2D eigenvalue weighted by Crippen LogP contribution is 2.48. The van der Waals surface area contributed by atoms with Crippen LogP contribution in [0.2, 0.25) is 0 Å². The highest BCUT2D eigenvalue weighted by Gasteiger charge is 2.52. The van der Waals surface area contributed by atoms with Crippen LogP contribution in [0.5, 0.6) is 0 Å². The van der Waals surface area contributed by atoms with Crippen molar-refractivity contribution in [2.75, 3.05) is 26.2 Å². The van der Waals surface area contributed by atoms with Crippen molar-refractivity contribution in [3.8, 4) is 0 Å². The van der Waals surface area contributed by atoms with Crippen LogP contribution in [0.15, 0.2) is 47.4 Å². The number of hydrogen-bond acceptors (Lipinski definition) is 4. The lowest BCUT2D eigenvalue weighted by atomic mass is 9.82. The van der Waals surface area contributed by atoms with Crippen molar-refractivity contribution in [2.24, 2.45) is 23.7 Å². The minimum absolute atomic E-state index is 0.0188. The molecule has 2 bridgehead atoms. The van der Waals surface area contributed by atoms with Gasteiger partial charge in [0.2, 0.25) is 15.9 Å². The Bertz CT molecular complexity index is 875. The molecule has 1 saturated heterocycles. The van der Waals surface area contributed by atoms with Gasteiger partial charge in [0, 0.05) is 26.2 Å². The Hall–Kier alpha value is -2.19. The van der Waals surface area contributed by atoms with Crippen molar-refractivity contribution in [3.63, 3.8) is 0 Å². The number of carbonyl (C=O) groups is 2. The van der Waals surface area contributed by atoms with Crippen LogP contribution in [0, 0.1) is 23.7 Å². The van der Waals surface area contributed by atoms with E-state index in [1.807, 2.05) is 12.2 Å². The summed E-state index contributed by atoms with van der Waals surface area (Å²) < 4.78 is 26.8. The number of benzene rings is 1. The van der Waals surface area contributed by atoms with Crippen molar-refractivity contribution in [2.45, 2.75) is 11.3 Å². The molecule has 2 fully saturated rings. The lowest BCUT2D eigenvalue weighted by molar-refractivity contribution is -0.151. The number of sulfonamides is 1. The molecule has 0 aromatic heterocycles. The number of amides is 1. The van der Waals surface area contributed by atoms with Crippen molar-refractivity contribution in [3.05, 3.63) is 42.5 Å². The van der Waals surface area contributed by atoms with Gasteiger partial charge in [0.05, 0.1) is 16.7 Å². The second-order valence-corrected chi connectivity index (χ2v) is 9.32. The smallest absolute Gasteiger partial charge is 0.307 e. The van der Waals surface area contributed by atoms with E-state index >= 15 is 0 Å². The Morgan fingerprint density at radius 3 is 2.11 bits per heavy atom. The molecule has 4 rings (SSSR count). The second kappa shape index (κ2) is 6.76. The monoisotopic (exact) mass is 390 g/mol. The summed E-state index contributed by atoms with van der Waals surface area (Å²) in [6, 6.07) is 8.25. The molecule has 1 aliphatic heterocycles.